The van der Waals surface area contributed by atoms with E-state index in [0.29, 0.717) is 31.5 Å². The summed E-state index contributed by atoms with van der Waals surface area (Å²) < 4.78 is 38.1. The van der Waals surface area contributed by atoms with Gasteiger partial charge >= 0.3 is 6.18 Å². The fourth-order valence-corrected chi connectivity index (χ4v) is 2.87. The summed E-state index contributed by atoms with van der Waals surface area (Å²) in [5.41, 5.74) is 1.76. The van der Waals surface area contributed by atoms with E-state index in [0.717, 1.165) is 17.2 Å². The van der Waals surface area contributed by atoms with Crippen LogP contribution in [0.25, 0.3) is 0 Å². The molecule has 0 fully saturated rings. The SMILES string of the molecule is O=C1c2ccccc2CN1CCCc1cccc(C(F)(F)F)c1. The van der Waals surface area contributed by atoms with Gasteiger partial charge in [-0.15, -0.1) is 0 Å². The van der Waals surface area contributed by atoms with Crippen molar-refractivity contribution in [3.8, 4) is 0 Å². The van der Waals surface area contributed by atoms with Crippen molar-refractivity contribution in [2.24, 2.45) is 0 Å². The predicted octanol–water partition coefficient (Wildman–Crippen LogP) is 4.29. The summed E-state index contributed by atoms with van der Waals surface area (Å²) in [4.78, 5) is 14.0. The lowest BCUT2D eigenvalue weighted by atomic mass is 10.1. The number of halogens is 3. The first-order valence-corrected chi connectivity index (χ1v) is 7.48. The molecule has 120 valence electrons. The molecule has 2 aromatic carbocycles. The van der Waals surface area contributed by atoms with Crippen molar-refractivity contribution < 1.29 is 18.0 Å². The van der Waals surface area contributed by atoms with Crippen molar-refractivity contribution in [1.29, 1.82) is 0 Å². The lowest BCUT2D eigenvalue weighted by molar-refractivity contribution is -0.137. The third-order valence-electron chi connectivity index (χ3n) is 4.04. The molecule has 0 saturated heterocycles. The molecule has 2 aromatic rings. The van der Waals surface area contributed by atoms with Gasteiger partial charge in [0.2, 0.25) is 0 Å². The highest BCUT2D eigenvalue weighted by atomic mass is 19.4. The minimum Gasteiger partial charge on any atom is -0.334 e. The number of benzene rings is 2. The number of aryl methyl sites for hydroxylation is 1. The van der Waals surface area contributed by atoms with E-state index in [2.05, 4.69) is 0 Å². The van der Waals surface area contributed by atoms with Crippen molar-refractivity contribution >= 4 is 5.91 Å². The van der Waals surface area contributed by atoms with E-state index in [1.807, 2.05) is 24.3 Å². The minimum atomic E-state index is -4.32. The molecule has 1 heterocycles. The maximum absolute atomic E-state index is 12.7. The van der Waals surface area contributed by atoms with Gasteiger partial charge in [0.05, 0.1) is 5.56 Å². The third kappa shape index (κ3) is 3.38. The topological polar surface area (TPSA) is 20.3 Å². The Kier molecular flexibility index (Phi) is 4.11. The summed E-state index contributed by atoms with van der Waals surface area (Å²) in [5, 5.41) is 0. The van der Waals surface area contributed by atoms with E-state index in [9.17, 15) is 18.0 Å². The minimum absolute atomic E-state index is 0.00430. The van der Waals surface area contributed by atoms with Gasteiger partial charge in [0.15, 0.2) is 0 Å². The van der Waals surface area contributed by atoms with Crippen molar-refractivity contribution in [3.05, 3.63) is 70.8 Å². The average molecular weight is 319 g/mol. The number of alkyl halides is 3. The van der Waals surface area contributed by atoms with Crippen LogP contribution in [0.3, 0.4) is 0 Å². The Morgan fingerprint density at radius 2 is 1.83 bits per heavy atom. The van der Waals surface area contributed by atoms with E-state index in [4.69, 9.17) is 0 Å². The molecule has 3 rings (SSSR count). The summed E-state index contributed by atoms with van der Waals surface area (Å²) in [5.74, 6) is 0.00430. The maximum atomic E-state index is 12.7. The molecule has 23 heavy (non-hydrogen) atoms. The van der Waals surface area contributed by atoms with Crippen molar-refractivity contribution in [2.45, 2.75) is 25.6 Å². The molecule has 0 saturated carbocycles. The molecule has 1 aliphatic rings. The Bertz CT molecular complexity index is 724. The van der Waals surface area contributed by atoms with Crippen molar-refractivity contribution in [3.63, 3.8) is 0 Å². The second kappa shape index (κ2) is 6.07. The zero-order chi connectivity index (χ0) is 16.4. The van der Waals surface area contributed by atoms with Crippen LogP contribution < -0.4 is 0 Å². The summed E-state index contributed by atoms with van der Waals surface area (Å²) in [6.45, 7) is 1.13. The molecule has 0 bridgehead atoms. The molecular weight excluding hydrogens is 303 g/mol. The van der Waals surface area contributed by atoms with Gasteiger partial charge in [-0.1, -0.05) is 36.4 Å². The summed E-state index contributed by atoms with van der Waals surface area (Å²) in [6, 6.07) is 12.8. The van der Waals surface area contributed by atoms with Crippen LogP contribution in [0.15, 0.2) is 48.5 Å². The number of hydrogen-bond acceptors (Lipinski definition) is 1. The molecule has 0 radical (unpaired) electrons. The molecule has 1 amide bonds. The second-order valence-corrected chi connectivity index (χ2v) is 5.69. The zero-order valence-electron chi connectivity index (χ0n) is 12.4. The van der Waals surface area contributed by atoms with Gasteiger partial charge < -0.3 is 4.90 Å². The molecule has 2 nitrogen and oxygen atoms in total. The van der Waals surface area contributed by atoms with Gasteiger partial charge in [-0.05, 0) is 36.1 Å². The Labute approximate surface area is 132 Å². The van der Waals surface area contributed by atoms with E-state index in [-0.39, 0.29) is 5.91 Å². The van der Waals surface area contributed by atoms with E-state index in [1.54, 1.807) is 11.0 Å². The molecule has 5 heteroatoms. The monoisotopic (exact) mass is 319 g/mol. The number of carbonyl (C=O) groups excluding carboxylic acids is 1. The summed E-state index contributed by atoms with van der Waals surface area (Å²) in [7, 11) is 0. The number of fused-ring (bicyclic) bond motifs is 1. The highest BCUT2D eigenvalue weighted by Crippen LogP contribution is 2.30. The van der Waals surface area contributed by atoms with Crippen LogP contribution in [0.4, 0.5) is 13.2 Å². The van der Waals surface area contributed by atoms with Crippen LogP contribution in [0.1, 0.15) is 33.5 Å². The zero-order valence-corrected chi connectivity index (χ0v) is 12.4. The predicted molar refractivity (Wildman–Crippen MR) is 80.9 cm³/mol. The smallest absolute Gasteiger partial charge is 0.334 e. The maximum Gasteiger partial charge on any atom is 0.416 e. The van der Waals surface area contributed by atoms with Gasteiger partial charge in [0, 0.05) is 18.7 Å². The first kappa shape index (κ1) is 15.6. The van der Waals surface area contributed by atoms with Crippen LogP contribution in [-0.2, 0) is 19.1 Å². The Morgan fingerprint density at radius 1 is 1.04 bits per heavy atom. The number of rotatable bonds is 4. The Hall–Kier alpha value is -2.30. The van der Waals surface area contributed by atoms with Crippen LogP contribution in [0.5, 0.6) is 0 Å². The molecule has 0 unspecified atom stereocenters. The Morgan fingerprint density at radius 3 is 2.57 bits per heavy atom. The van der Waals surface area contributed by atoms with Gasteiger partial charge in [-0.3, -0.25) is 4.79 Å². The lowest BCUT2D eigenvalue weighted by Gasteiger charge is -2.15. The number of carbonyl (C=O) groups is 1. The van der Waals surface area contributed by atoms with E-state index in [1.165, 1.54) is 12.1 Å². The van der Waals surface area contributed by atoms with E-state index >= 15 is 0 Å². The molecule has 0 atom stereocenters. The molecule has 0 N–H and O–H groups in total. The van der Waals surface area contributed by atoms with Crippen LogP contribution in [-0.4, -0.2) is 17.4 Å². The largest absolute Gasteiger partial charge is 0.416 e. The summed E-state index contributed by atoms with van der Waals surface area (Å²) >= 11 is 0. The number of nitrogens with zero attached hydrogens (tertiary/aromatic N) is 1. The van der Waals surface area contributed by atoms with Crippen molar-refractivity contribution in [2.75, 3.05) is 6.54 Å². The molecule has 0 spiro atoms. The summed E-state index contributed by atoms with van der Waals surface area (Å²) in [6.07, 6.45) is -3.16. The highest BCUT2D eigenvalue weighted by Gasteiger charge is 2.30. The molecule has 1 aliphatic heterocycles. The fraction of sp³-hybridized carbons (Fsp3) is 0.278. The normalized spacial score (nSPS) is 14.2. The Balaban J connectivity index is 1.58. The quantitative estimate of drug-likeness (QED) is 0.823. The number of hydrogen-bond donors (Lipinski definition) is 0. The van der Waals surface area contributed by atoms with Crippen LogP contribution in [0.2, 0.25) is 0 Å². The van der Waals surface area contributed by atoms with E-state index < -0.39 is 11.7 Å². The van der Waals surface area contributed by atoms with Gasteiger partial charge in [-0.25, -0.2) is 0 Å². The van der Waals surface area contributed by atoms with Crippen LogP contribution in [0, 0.1) is 0 Å². The third-order valence-corrected chi connectivity index (χ3v) is 4.04. The standard InChI is InChI=1S/C18H16F3NO/c19-18(20,21)15-8-3-5-13(11-15)6-4-10-22-12-14-7-1-2-9-16(14)17(22)23/h1-3,5,7-9,11H,4,6,10,12H2. The second-order valence-electron chi connectivity index (χ2n) is 5.69. The average Bonchev–Trinajstić information content (AvgIpc) is 2.84. The van der Waals surface area contributed by atoms with Crippen LogP contribution >= 0.6 is 0 Å². The molecular formula is C18H16F3NO. The first-order chi connectivity index (χ1) is 10.9. The number of amides is 1. The highest BCUT2D eigenvalue weighted by molar-refractivity contribution is 5.98. The van der Waals surface area contributed by atoms with Crippen molar-refractivity contribution in [1.82, 2.24) is 4.90 Å². The van der Waals surface area contributed by atoms with Gasteiger partial charge in [0.1, 0.15) is 0 Å². The molecule has 0 aromatic heterocycles. The van der Waals surface area contributed by atoms with Gasteiger partial charge in [0.25, 0.3) is 5.91 Å². The lowest BCUT2D eigenvalue weighted by Crippen LogP contribution is -2.25. The first-order valence-electron chi connectivity index (χ1n) is 7.48. The fourth-order valence-electron chi connectivity index (χ4n) is 2.87. The molecule has 0 aliphatic carbocycles. The van der Waals surface area contributed by atoms with Gasteiger partial charge in [-0.2, -0.15) is 13.2 Å².